The van der Waals surface area contributed by atoms with Gasteiger partial charge in [0.05, 0.1) is 11.2 Å². The number of allylic oxidation sites excluding steroid dienone is 1. The van der Waals surface area contributed by atoms with E-state index in [9.17, 15) is 8.78 Å². The maximum absolute atomic E-state index is 14.3. The number of benzene rings is 2. The third-order valence-corrected chi connectivity index (χ3v) is 6.73. The highest BCUT2D eigenvalue weighted by Gasteiger charge is 2.27. The number of H-pyrrole nitrogens is 1. The molecule has 0 saturated heterocycles. The molecule has 1 saturated carbocycles. The molecule has 0 unspecified atom stereocenters. The lowest BCUT2D eigenvalue weighted by Gasteiger charge is -2.26. The van der Waals surface area contributed by atoms with Gasteiger partial charge in [0.2, 0.25) is 0 Å². The maximum atomic E-state index is 14.3. The number of nitrogens with one attached hydrogen (secondary N) is 2. The van der Waals surface area contributed by atoms with Crippen LogP contribution >= 0.6 is 0 Å². The molecule has 4 heteroatoms. The number of aromatic amines is 1. The molecule has 0 bridgehead atoms. The predicted octanol–water partition coefficient (Wildman–Crippen LogP) is 10.7. The van der Waals surface area contributed by atoms with Crippen LogP contribution in [0.5, 0.6) is 0 Å². The molecular weight excluding hydrogens is 462 g/mol. The van der Waals surface area contributed by atoms with Crippen molar-refractivity contribution in [2.45, 2.75) is 99.3 Å². The Morgan fingerprint density at radius 2 is 1.59 bits per heavy atom. The molecule has 1 heterocycles. The van der Waals surface area contributed by atoms with Crippen molar-refractivity contribution in [2.24, 2.45) is 5.92 Å². The smallest absolute Gasteiger partial charge is 0.147 e. The first-order valence-corrected chi connectivity index (χ1v) is 14.2. The van der Waals surface area contributed by atoms with E-state index in [2.05, 4.69) is 50.6 Å². The summed E-state index contributed by atoms with van der Waals surface area (Å²) >= 11 is 0. The second kappa shape index (κ2) is 17.0. The first kappa shape index (κ1) is 32.4. The van der Waals surface area contributed by atoms with Crippen LogP contribution in [0, 0.1) is 24.5 Å². The number of aryl methyl sites for hydroxylation is 1. The lowest BCUT2D eigenvalue weighted by atomic mass is 9.78. The molecule has 4 rings (SSSR count). The van der Waals surface area contributed by atoms with Crippen LogP contribution < -0.4 is 5.32 Å². The minimum absolute atomic E-state index is 0.219. The van der Waals surface area contributed by atoms with Gasteiger partial charge in [-0.2, -0.15) is 0 Å². The second-order valence-electron chi connectivity index (χ2n) is 9.67. The van der Waals surface area contributed by atoms with Crippen molar-refractivity contribution >= 4 is 10.9 Å². The number of aromatic nitrogens is 1. The molecule has 0 aliphatic heterocycles. The highest BCUT2D eigenvalue weighted by molar-refractivity contribution is 5.92. The molecule has 0 amide bonds. The number of halogens is 2. The molecule has 2 nitrogen and oxygen atoms in total. The van der Waals surface area contributed by atoms with E-state index in [-0.39, 0.29) is 11.6 Å². The van der Waals surface area contributed by atoms with Crippen LogP contribution in [0.1, 0.15) is 104 Å². The van der Waals surface area contributed by atoms with Gasteiger partial charge in [0, 0.05) is 18.1 Å². The second-order valence-corrected chi connectivity index (χ2v) is 9.67. The van der Waals surface area contributed by atoms with E-state index in [1.54, 1.807) is 18.2 Å². The first-order chi connectivity index (χ1) is 17.8. The zero-order valence-corrected chi connectivity index (χ0v) is 24.5. The Morgan fingerprint density at radius 1 is 1.03 bits per heavy atom. The SMILES string of the molecule is C=C(CC(CC)CC)NC.CC.CCC.Cc1cc(F)c2[nH]c(-c3ccc(F)cc3)c(C3CCC3)c2c1. The summed E-state index contributed by atoms with van der Waals surface area (Å²) in [5.74, 6) is 0.811. The molecule has 1 aromatic heterocycles. The van der Waals surface area contributed by atoms with Crippen molar-refractivity contribution in [3.05, 3.63) is 71.4 Å². The quantitative estimate of drug-likeness (QED) is 0.324. The lowest BCUT2D eigenvalue weighted by Crippen LogP contribution is -2.09. The van der Waals surface area contributed by atoms with E-state index in [4.69, 9.17) is 0 Å². The van der Waals surface area contributed by atoms with Crippen LogP contribution in [-0.4, -0.2) is 12.0 Å². The summed E-state index contributed by atoms with van der Waals surface area (Å²) in [7, 11) is 1.94. The van der Waals surface area contributed by atoms with Gasteiger partial charge >= 0.3 is 0 Å². The van der Waals surface area contributed by atoms with Gasteiger partial charge in [-0.3, -0.25) is 0 Å². The Morgan fingerprint density at radius 3 is 2.05 bits per heavy atom. The van der Waals surface area contributed by atoms with Gasteiger partial charge in [-0.15, -0.1) is 0 Å². The summed E-state index contributed by atoms with van der Waals surface area (Å²) < 4.78 is 27.5. The van der Waals surface area contributed by atoms with E-state index in [1.807, 2.05) is 27.8 Å². The van der Waals surface area contributed by atoms with Gasteiger partial charge in [0.25, 0.3) is 0 Å². The zero-order valence-electron chi connectivity index (χ0n) is 24.5. The largest absolute Gasteiger partial charge is 0.392 e. The van der Waals surface area contributed by atoms with E-state index >= 15 is 0 Å². The Balaban J connectivity index is 0.000000386. The third-order valence-electron chi connectivity index (χ3n) is 6.73. The van der Waals surface area contributed by atoms with Crippen molar-refractivity contribution < 1.29 is 8.78 Å². The standard InChI is InChI=1S/C19H17F2N.C9H19N.C3H8.C2H6/c1-11-9-15-17(12-3-2-4-12)18(22-19(15)16(21)10-11)13-5-7-14(20)8-6-13;1-5-9(6-2)7-8(3)10-4;1-3-2;1-2/h5-10,12,22H,2-4H2,1H3;9-10H,3,5-7H2,1-2,4H3;3H2,1-2H3;1-2H3. The highest BCUT2D eigenvalue weighted by Crippen LogP contribution is 2.45. The van der Waals surface area contributed by atoms with Crippen molar-refractivity contribution in [3.8, 4) is 11.3 Å². The molecule has 2 aromatic carbocycles. The fraction of sp³-hybridized carbons (Fsp3) is 0.515. The average Bonchev–Trinajstić information content (AvgIpc) is 3.23. The molecule has 1 fully saturated rings. The number of hydrogen-bond donors (Lipinski definition) is 2. The predicted molar refractivity (Wildman–Crippen MR) is 159 cm³/mol. The molecule has 206 valence electrons. The van der Waals surface area contributed by atoms with Gasteiger partial charge in [-0.25, -0.2) is 8.78 Å². The molecule has 0 atom stereocenters. The summed E-state index contributed by atoms with van der Waals surface area (Å²) in [5.41, 5.74) is 5.69. The van der Waals surface area contributed by atoms with Gasteiger partial charge in [0.1, 0.15) is 11.6 Å². The van der Waals surface area contributed by atoms with Crippen molar-refractivity contribution in [1.82, 2.24) is 10.3 Å². The summed E-state index contributed by atoms with van der Waals surface area (Å²) in [5, 5.41) is 4.04. The lowest BCUT2D eigenvalue weighted by molar-refractivity contribution is 0.423. The molecule has 3 aromatic rings. The third kappa shape index (κ3) is 9.32. The molecule has 0 spiro atoms. The topological polar surface area (TPSA) is 27.8 Å². The van der Waals surface area contributed by atoms with Gasteiger partial charge < -0.3 is 10.3 Å². The van der Waals surface area contributed by atoms with Gasteiger partial charge in [-0.05, 0) is 91.1 Å². The van der Waals surface area contributed by atoms with E-state index < -0.39 is 0 Å². The minimum Gasteiger partial charge on any atom is -0.392 e. The van der Waals surface area contributed by atoms with Crippen LogP contribution in [0.15, 0.2) is 48.7 Å². The molecule has 37 heavy (non-hydrogen) atoms. The monoisotopic (exact) mass is 512 g/mol. The van der Waals surface area contributed by atoms with Crippen LogP contribution in [0.2, 0.25) is 0 Å². The fourth-order valence-electron chi connectivity index (χ4n) is 4.40. The average molecular weight is 513 g/mol. The van der Waals surface area contributed by atoms with E-state index in [0.29, 0.717) is 11.4 Å². The molecule has 0 radical (unpaired) electrons. The Bertz CT molecular complexity index is 1060. The summed E-state index contributed by atoms with van der Waals surface area (Å²) in [4.78, 5) is 3.25. The van der Waals surface area contributed by atoms with E-state index in [0.717, 1.165) is 53.1 Å². The minimum atomic E-state index is -0.257. The first-order valence-electron chi connectivity index (χ1n) is 14.2. The Kier molecular flexibility index (Phi) is 14.9. The molecule has 1 aliphatic rings. The summed E-state index contributed by atoms with van der Waals surface area (Å²) in [6.07, 6.45) is 8.39. The molecule has 1 aliphatic carbocycles. The number of hydrogen-bond acceptors (Lipinski definition) is 1. The van der Waals surface area contributed by atoms with Gasteiger partial charge in [0.15, 0.2) is 0 Å². The Hall–Kier alpha value is -2.62. The molecule has 2 N–H and O–H groups in total. The fourth-order valence-corrected chi connectivity index (χ4v) is 4.40. The summed E-state index contributed by atoms with van der Waals surface area (Å²) in [6, 6.07) is 10.0. The van der Waals surface area contributed by atoms with Crippen LogP contribution in [0.25, 0.3) is 22.2 Å². The molecular formula is C33H50F2N2. The number of rotatable bonds is 7. The maximum Gasteiger partial charge on any atom is 0.147 e. The highest BCUT2D eigenvalue weighted by atomic mass is 19.1. The van der Waals surface area contributed by atoms with Crippen molar-refractivity contribution in [1.29, 1.82) is 0 Å². The number of fused-ring (bicyclic) bond motifs is 1. The van der Waals surface area contributed by atoms with Gasteiger partial charge in [-0.1, -0.05) is 73.8 Å². The van der Waals surface area contributed by atoms with E-state index in [1.165, 1.54) is 43.4 Å². The normalized spacial score (nSPS) is 12.4. The Labute approximate surface area is 225 Å². The van der Waals surface area contributed by atoms with Crippen LogP contribution in [-0.2, 0) is 0 Å². The van der Waals surface area contributed by atoms with Crippen molar-refractivity contribution in [3.63, 3.8) is 0 Å². The summed E-state index contributed by atoms with van der Waals surface area (Å²) in [6.45, 7) is 18.5. The zero-order chi connectivity index (χ0) is 28.0. The van der Waals surface area contributed by atoms with Crippen LogP contribution in [0.4, 0.5) is 8.78 Å². The van der Waals surface area contributed by atoms with Crippen LogP contribution in [0.3, 0.4) is 0 Å². The van der Waals surface area contributed by atoms with Crippen molar-refractivity contribution in [2.75, 3.05) is 7.05 Å².